The molecule has 1 N–H and O–H groups in total. The van der Waals surface area contributed by atoms with E-state index in [1.165, 1.54) is 16.2 Å². The van der Waals surface area contributed by atoms with Crippen LogP contribution in [0.25, 0.3) is 0 Å². The van der Waals surface area contributed by atoms with Crippen LogP contribution >= 0.6 is 11.3 Å². The summed E-state index contributed by atoms with van der Waals surface area (Å²) in [5, 5.41) is 4.69. The molecule has 7 heteroatoms. The summed E-state index contributed by atoms with van der Waals surface area (Å²) in [6, 6.07) is 10.5. The molecule has 6 nitrogen and oxygen atoms in total. The second-order valence-corrected chi connectivity index (χ2v) is 8.07. The van der Waals surface area contributed by atoms with Crippen LogP contribution < -0.4 is 5.32 Å². The van der Waals surface area contributed by atoms with Gasteiger partial charge < -0.3 is 10.2 Å². The predicted octanol–water partition coefficient (Wildman–Crippen LogP) is 2.95. The summed E-state index contributed by atoms with van der Waals surface area (Å²) in [5.41, 5.74) is 0.435. The van der Waals surface area contributed by atoms with Crippen molar-refractivity contribution in [3.05, 3.63) is 57.8 Å². The summed E-state index contributed by atoms with van der Waals surface area (Å²) in [6.07, 6.45) is 2.11. The van der Waals surface area contributed by atoms with Crippen LogP contribution in [0.5, 0.6) is 0 Å². The normalized spacial score (nSPS) is 22.4. The summed E-state index contributed by atoms with van der Waals surface area (Å²) in [7, 11) is 0. The fourth-order valence-electron chi connectivity index (χ4n) is 3.61. The van der Waals surface area contributed by atoms with Crippen LogP contribution in [0, 0.1) is 0 Å². The number of hydrogen-bond acceptors (Lipinski definition) is 4. The van der Waals surface area contributed by atoms with Crippen LogP contribution in [-0.2, 0) is 16.9 Å². The molecule has 0 saturated carbocycles. The first-order valence-corrected chi connectivity index (χ1v) is 9.93. The largest absolute Gasteiger partial charge is 0.339 e. The molecule has 4 amide bonds. The van der Waals surface area contributed by atoms with Gasteiger partial charge in [-0.1, -0.05) is 18.2 Å². The van der Waals surface area contributed by atoms with Gasteiger partial charge in [-0.05, 0) is 48.9 Å². The van der Waals surface area contributed by atoms with Crippen molar-refractivity contribution in [1.29, 1.82) is 0 Å². The van der Waals surface area contributed by atoms with E-state index < -0.39 is 11.6 Å². The van der Waals surface area contributed by atoms with Crippen molar-refractivity contribution in [3.8, 4) is 0 Å². The number of carbonyl (C=O) groups excluding carboxylic acids is 3. The number of nitrogens with zero attached hydrogens (tertiary/aromatic N) is 2. The molecule has 1 aromatic carbocycles. The summed E-state index contributed by atoms with van der Waals surface area (Å²) in [6.45, 7) is 3.54. The van der Waals surface area contributed by atoms with E-state index in [9.17, 15) is 14.4 Å². The third-order valence-electron chi connectivity index (χ3n) is 5.22. The predicted molar refractivity (Wildman–Crippen MR) is 102 cm³/mol. The highest BCUT2D eigenvalue weighted by Crippen LogP contribution is 2.32. The average molecular weight is 383 g/mol. The molecule has 2 aliphatic rings. The minimum Gasteiger partial charge on any atom is -0.339 e. The molecule has 2 fully saturated rings. The van der Waals surface area contributed by atoms with Gasteiger partial charge in [-0.3, -0.25) is 14.5 Å². The van der Waals surface area contributed by atoms with Gasteiger partial charge in [-0.15, -0.1) is 11.3 Å². The molecule has 0 radical (unpaired) electrons. The summed E-state index contributed by atoms with van der Waals surface area (Å²) >= 11 is 1.45. The first-order valence-electron chi connectivity index (χ1n) is 9.05. The van der Waals surface area contributed by atoms with Gasteiger partial charge in [0.25, 0.3) is 11.8 Å². The Hall–Kier alpha value is -2.67. The SMILES string of the molecule is CC1(c2cccs2)NC(=O)N(Cc2ccc(C(=O)N3CCCC3)cc2)C1=O. The molecule has 1 unspecified atom stereocenters. The van der Waals surface area contributed by atoms with Gasteiger partial charge in [0.05, 0.1) is 6.54 Å². The highest BCUT2D eigenvalue weighted by Gasteiger charge is 2.49. The summed E-state index contributed by atoms with van der Waals surface area (Å²) < 4.78 is 0. The van der Waals surface area contributed by atoms with Crippen molar-refractivity contribution >= 4 is 29.2 Å². The second kappa shape index (κ2) is 6.81. The Kier molecular flexibility index (Phi) is 4.47. The molecular weight excluding hydrogens is 362 g/mol. The smallest absolute Gasteiger partial charge is 0.325 e. The number of urea groups is 1. The molecule has 0 spiro atoms. The minimum atomic E-state index is -1.02. The van der Waals surface area contributed by atoms with Crippen molar-refractivity contribution in [2.45, 2.75) is 31.8 Å². The number of nitrogens with one attached hydrogen (secondary N) is 1. The van der Waals surface area contributed by atoms with Crippen LogP contribution in [-0.4, -0.2) is 40.7 Å². The van der Waals surface area contributed by atoms with Gasteiger partial charge >= 0.3 is 6.03 Å². The third kappa shape index (κ3) is 3.12. The Labute approximate surface area is 161 Å². The zero-order valence-corrected chi connectivity index (χ0v) is 15.9. The zero-order chi connectivity index (χ0) is 19.0. The lowest BCUT2D eigenvalue weighted by molar-refractivity contribution is -0.131. The van der Waals surface area contributed by atoms with E-state index in [1.54, 1.807) is 19.1 Å². The zero-order valence-electron chi connectivity index (χ0n) is 15.1. The van der Waals surface area contributed by atoms with E-state index in [0.29, 0.717) is 5.56 Å². The van der Waals surface area contributed by atoms with Crippen LogP contribution in [0.4, 0.5) is 4.79 Å². The number of likely N-dealkylation sites (tertiary alicyclic amines) is 1. The Morgan fingerprint density at radius 2 is 1.85 bits per heavy atom. The maximum absolute atomic E-state index is 12.9. The Morgan fingerprint density at radius 3 is 2.48 bits per heavy atom. The number of benzene rings is 1. The number of hydrogen-bond donors (Lipinski definition) is 1. The van der Waals surface area contributed by atoms with Crippen LogP contribution in [0.2, 0.25) is 0 Å². The molecule has 2 saturated heterocycles. The van der Waals surface area contributed by atoms with Gasteiger partial charge in [-0.2, -0.15) is 0 Å². The van der Waals surface area contributed by atoms with E-state index >= 15 is 0 Å². The number of rotatable bonds is 4. The topological polar surface area (TPSA) is 69.7 Å². The molecular formula is C20H21N3O3S. The van der Waals surface area contributed by atoms with Crippen LogP contribution in [0.3, 0.4) is 0 Å². The van der Waals surface area contributed by atoms with Crippen LogP contribution in [0.15, 0.2) is 41.8 Å². The average Bonchev–Trinajstić information content (AvgIpc) is 3.42. The quantitative estimate of drug-likeness (QED) is 0.826. The van der Waals surface area contributed by atoms with E-state index in [1.807, 2.05) is 34.5 Å². The lowest BCUT2D eigenvalue weighted by atomic mass is 10.0. The molecule has 0 aliphatic carbocycles. The van der Waals surface area contributed by atoms with Crippen molar-refractivity contribution < 1.29 is 14.4 Å². The van der Waals surface area contributed by atoms with E-state index in [-0.39, 0.29) is 18.4 Å². The summed E-state index contributed by atoms with van der Waals surface area (Å²) in [4.78, 5) is 41.6. The third-order valence-corrected chi connectivity index (χ3v) is 6.32. The molecule has 2 aliphatic heterocycles. The summed E-state index contributed by atoms with van der Waals surface area (Å²) in [5.74, 6) is -0.216. The second-order valence-electron chi connectivity index (χ2n) is 7.12. The van der Waals surface area contributed by atoms with E-state index in [0.717, 1.165) is 36.4 Å². The fourth-order valence-corrected chi connectivity index (χ4v) is 4.44. The highest BCUT2D eigenvalue weighted by molar-refractivity contribution is 7.10. The number of amides is 4. The van der Waals surface area contributed by atoms with E-state index in [2.05, 4.69) is 5.32 Å². The number of thiophene rings is 1. The molecule has 27 heavy (non-hydrogen) atoms. The highest BCUT2D eigenvalue weighted by atomic mass is 32.1. The molecule has 3 heterocycles. The molecule has 0 bridgehead atoms. The Bertz CT molecular complexity index is 872. The van der Waals surface area contributed by atoms with Crippen molar-refractivity contribution in [3.63, 3.8) is 0 Å². The van der Waals surface area contributed by atoms with Gasteiger partial charge in [-0.25, -0.2) is 4.79 Å². The van der Waals surface area contributed by atoms with Gasteiger partial charge in [0, 0.05) is 23.5 Å². The fraction of sp³-hybridized carbons (Fsp3) is 0.350. The van der Waals surface area contributed by atoms with Gasteiger partial charge in [0.2, 0.25) is 0 Å². The monoisotopic (exact) mass is 383 g/mol. The molecule has 2 aromatic rings. The Balaban J connectivity index is 1.48. The van der Waals surface area contributed by atoms with Crippen molar-refractivity contribution in [2.75, 3.05) is 13.1 Å². The van der Waals surface area contributed by atoms with Crippen molar-refractivity contribution in [2.24, 2.45) is 0 Å². The van der Waals surface area contributed by atoms with Crippen molar-refractivity contribution in [1.82, 2.24) is 15.1 Å². The minimum absolute atomic E-state index is 0.0410. The Morgan fingerprint density at radius 1 is 1.15 bits per heavy atom. The van der Waals surface area contributed by atoms with Gasteiger partial charge in [0.1, 0.15) is 0 Å². The first-order chi connectivity index (χ1) is 13.0. The standard InChI is InChI=1S/C20H21N3O3S/c1-20(16-5-4-12-27-16)18(25)23(19(26)21-20)13-14-6-8-15(9-7-14)17(24)22-10-2-3-11-22/h4-9,12H,2-3,10-11,13H2,1H3,(H,21,26). The van der Waals surface area contributed by atoms with Gasteiger partial charge in [0.15, 0.2) is 5.54 Å². The molecule has 4 rings (SSSR count). The molecule has 1 aromatic heterocycles. The maximum Gasteiger partial charge on any atom is 0.325 e. The van der Waals surface area contributed by atoms with E-state index in [4.69, 9.17) is 0 Å². The number of carbonyl (C=O) groups is 3. The van der Waals surface area contributed by atoms with Crippen LogP contribution in [0.1, 0.15) is 40.6 Å². The number of imide groups is 1. The molecule has 1 atom stereocenters. The molecule has 140 valence electrons. The maximum atomic E-state index is 12.9. The lowest BCUT2D eigenvalue weighted by Crippen LogP contribution is -2.40. The first kappa shape index (κ1) is 17.7. The lowest BCUT2D eigenvalue weighted by Gasteiger charge is -2.20.